The number of carbonyl (C=O) groups excluding carboxylic acids is 1. The molecule has 0 bridgehead atoms. The largest absolute Gasteiger partial charge is 0.348 e. The molecule has 23 heavy (non-hydrogen) atoms. The number of hydrogen-bond acceptors (Lipinski definition) is 5. The molecule has 1 aliphatic heterocycles. The van der Waals surface area contributed by atoms with Gasteiger partial charge in [-0.2, -0.15) is 8.75 Å². The molecule has 2 aromatic rings. The van der Waals surface area contributed by atoms with Gasteiger partial charge in [0.2, 0.25) is 0 Å². The molecule has 1 N–H and O–H groups in total. The first-order valence-corrected chi connectivity index (χ1v) is 8.42. The second kappa shape index (κ2) is 7.14. The molecule has 1 saturated heterocycles. The fourth-order valence-electron chi connectivity index (χ4n) is 2.79. The number of carbonyl (C=O) groups is 1. The van der Waals surface area contributed by atoms with Crippen molar-refractivity contribution >= 4 is 17.6 Å². The number of nitrogens with zero attached hydrogens (tertiary/aromatic N) is 3. The van der Waals surface area contributed by atoms with Crippen LogP contribution in [0.25, 0.3) is 0 Å². The lowest BCUT2D eigenvalue weighted by Crippen LogP contribution is -2.44. The van der Waals surface area contributed by atoms with Gasteiger partial charge in [0.15, 0.2) is 5.69 Å². The van der Waals surface area contributed by atoms with Gasteiger partial charge in [-0.25, -0.2) is 4.39 Å². The number of benzene rings is 1. The van der Waals surface area contributed by atoms with E-state index >= 15 is 0 Å². The highest BCUT2D eigenvalue weighted by atomic mass is 32.1. The van der Waals surface area contributed by atoms with E-state index in [4.69, 9.17) is 0 Å². The SMILES string of the molecule is Cc1nsnc1C(=O)NC1CCN(Cc2ccccc2F)CC1. The molecule has 0 unspecified atom stereocenters. The predicted molar refractivity (Wildman–Crippen MR) is 86.8 cm³/mol. The standard InChI is InChI=1S/C16H19FN4OS/c1-11-15(20-23-19-11)16(22)18-13-6-8-21(9-7-13)10-12-4-2-3-5-14(12)17/h2-5,13H,6-10H2,1H3,(H,18,22). The Morgan fingerprint density at radius 2 is 2.09 bits per heavy atom. The zero-order chi connectivity index (χ0) is 16.2. The van der Waals surface area contributed by atoms with Gasteiger partial charge in [0.1, 0.15) is 5.82 Å². The minimum absolute atomic E-state index is 0.139. The first-order chi connectivity index (χ1) is 11.1. The van der Waals surface area contributed by atoms with Crippen molar-refractivity contribution < 1.29 is 9.18 Å². The van der Waals surface area contributed by atoms with Crippen LogP contribution in [0.1, 0.15) is 34.6 Å². The van der Waals surface area contributed by atoms with Crippen LogP contribution in [0.4, 0.5) is 4.39 Å². The molecule has 1 amide bonds. The zero-order valence-corrected chi connectivity index (χ0v) is 13.8. The summed E-state index contributed by atoms with van der Waals surface area (Å²) in [6.07, 6.45) is 1.72. The average molecular weight is 334 g/mol. The van der Waals surface area contributed by atoms with Crippen LogP contribution >= 0.6 is 11.7 Å². The summed E-state index contributed by atoms with van der Waals surface area (Å²) in [4.78, 5) is 14.4. The summed E-state index contributed by atoms with van der Waals surface area (Å²) in [5.41, 5.74) is 1.81. The van der Waals surface area contributed by atoms with Crippen molar-refractivity contribution in [2.75, 3.05) is 13.1 Å². The summed E-state index contributed by atoms with van der Waals surface area (Å²) in [5.74, 6) is -0.307. The lowest BCUT2D eigenvalue weighted by atomic mass is 10.0. The summed E-state index contributed by atoms with van der Waals surface area (Å²) in [7, 11) is 0. The fraction of sp³-hybridized carbons (Fsp3) is 0.438. The number of amides is 1. The maximum Gasteiger partial charge on any atom is 0.273 e. The average Bonchev–Trinajstić information content (AvgIpc) is 2.98. The highest BCUT2D eigenvalue weighted by molar-refractivity contribution is 6.99. The van der Waals surface area contributed by atoms with Gasteiger partial charge >= 0.3 is 0 Å². The Balaban J connectivity index is 1.50. The first kappa shape index (κ1) is 16.0. The third kappa shape index (κ3) is 3.92. The van der Waals surface area contributed by atoms with E-state index < -0.39 is 0 Å². The van der Waals surface area contributed by atoms with Crippen molar-refractivity contribution in [3.8, 4) is 0 Å². The number of rotatable bonds is 4. The molecule has 1 aromatic carbocycles. The Hall–Kier alpha value is -1.86. The Kier molecular flexibility index (Phi) is 4.97. The molecule has 122 valence electrons. The Bertz CT molecular complexity index is 682. The number of hydrogen-bond donors (Lipinski definition) is 1. The van der Waals surface area contributed by atoms with Crippen molar-refractivity contribution in [1.82, 2.24) is 19.0 Å². The Labute approximate surface area is 138 Å². The van der Waals surface area contributed by atoms with Gasteiger partial charge in [-0.1, -0.05) is 18.2 Å². The second-order valence-corrected chi connectivity index (χ2v) is 6.34. The molecule has 0 atom stereocenters. The number of nitrogens with one attached hydrogen (secondary N) is 1. The number of likely N-dealkylation sites (tertiary alicyclic amines) is 1. The van der Waals surface area contributed by atoms with Crippen molar-refractivity contribution in [3.05, 3.63) is 47.0 Å². The van der Waals surface area contributed by atoms with Crippen LogP contribution in [0.5, 0.6) is 0 Å². The van der Waals surface area contributed by atoms with Crippen molar-refractivity contribution in [1.29, 1.82) is 0 Å². The van der Waals surface area contributed by atoms with Crippen LogP contribution in [-0.2, 0) is 6.54 Å². The topological polar surface area (TPSA) is 58.1 Å². The molecule has 0 radical (unpaired) electrons. The van der Waals surface area contributed by atoms with Crippen LogP contribution in [0, 0.1) is 12.7 Å². The summed E-state index contributed by atoms with van der Waals surface area (Å²) < 4.78 is 21.7. The normalized spacial score (nSPS) is 16.4. The zero-order valence-electron chi connectivity index (χ0n) is 13.0. The van der Waals surface area contributed by atoms with Crippen LogP contribution < -0.4 is 5.32 Å². The molecule has 3 rings (SSSR count). The monoisotopic (exact) mass is 334 g/mol. The van der Waals surface area contributed by atoms with Crippen LogP contribution in [0.3, 0.4) is 0 Å². The van der Waals surface area contributed by atoms with E-state index in [0.717, 1.165) is 43.2 Å². The molecular formula is C16H19FN4OS. The van der Waals surface area contributed by atoms with Gasteiger partial charge in [-0.15, -0.1) is 0 Å². The molecule has 1 fully saturated rings. The lowest BCUT2D eigenvalue weighted by molar-refractivity contribution is 0.0904. The minimum Gasteiger partial charge on any atom is -0.348 e. The Morgan fingerprint density at radius 3 is 2.74 bits per heavy atom. The van der Waals surface area contributed by atoms with E-state index in [9.17, 15) is 9.18 Å². The Morgan fingerprint density at radius 1 is 1.35 bits per heavy atom. The third-order valence-electron chi connectivity index (χ3n) is 4.14. The molecule has 7 heteroatoms. The maximum absolute atomic E-state index is 13.7. The number of aromatic nitrogens is 2. The van der Waals surface area contributed by atoms with Gasteiger partial charge in [-0.05, 0) is 25.8 Å². The van der Waals surface area contributed by atoms with Crippen molar-refractivity contribution in [2.45, 2.75) is 32.4 Å². The summed E-state index contributed by atoms with van der Waals surface area (Å²) in [6.45, 7) is 4.08. The molecule has 2 heterocycles. The summed E-state index contributed by atoms with van der Waals surface area (Å²) in [5, 5.41) is 3.02. The third-order valence-corrected chi connectivity index (χ3v) is 4.76. The quantitative estimate of drug-likeness (QED) is 0.933. The van der Waals surface area contributed by atoms with Crippen LogP contribution in [0.15, 0.2) is 24.3 Å². The molecule has 1 aromatic heterocycles. The van der Waals surface area contributed by atoms with E-state index in [1.165, 1.54) is 6.07 Å². The highest BCUT2D eigenvalue weighted by Gasteiger charge is 2.23. The summed E-state index contributed by atoms with van der Waals surface area (Å²) in [6, 6.07) is 7.01. The molecular weight excluding hydrogens is 315 g/mol. The summed E-state index contributed by atoms with van der Waals surface area (Å²) >= 11 is 1.05. The second-order valence-electron chi connectivity index (χ2n) is 5.81. The minimum atomic E-state index is -0.158. The van der Waals surface area contributed by atoms with Crippen LogP contribution in [0.2, 0.25) is 0 Å². The van der Waals surface area contributed by atoms with Gasteiger partial charge in [-0.3, -0.25) is 9.69 Å². The fourth-order valence-corrected chi connectivity index (χ4v) is 3.34. The van der Waals surface area contributed by atoms with Crippen molar-refractivity contribution in [3.63, 3.8) is 0 Å². The van der Waals surface area contributed by atoms with Gasteiger partial charge in [0, 0.05) is 31.2 Å². The molecule has 0 aliphatic carbocycles. The van der Waals surface area contributed by atoms with E-state index in [1.54, 1.807) is 13.0 Å². The number of piperidine rings is 1. The molecule has 0 spiro atoms. The number of aryl methyl sites for hydroxylation is 1. The highest BCUT2D eigenvalue weighted by Crippen LogP contribution is 2.16. The predicted octanol–water partition coefficient (Wildman–Crippen LogP) is 2.38. The maximum atomic E-state index is 13.7. The van der Waals surface area contributed by atoms with E-state index in [0.29, 0.717) is 17.9 Å². The van der Waals surface area contributed by atoms with Gasteiger partial charge in [0.05, 0.1) is 17.4 Å². The van der Waals surface area contributed by atoms with E-state index in [1.807, 2.05) is 12.1 Å². The first-order valence-electron chi connectivity index (χ1n) is 7.69. The van der Waals surface area contributed by atoms with Crippen LogP contribution in [-0.4, -0.2) is 38.7 Å². The number of halogens is 1. The van der Waals surface area contributed by atoms with Gasteiger partial charge in [0.25, 0.3) is 5.91 Å². The smallest absolute Gasteiger partial charge is 0.273 e. The van der Waals surface area contributed by atoms with Gasteiger partial charge < -0.3 is 5.32 Å². The molecule has 0 saturated carbocycles. The van der Waals surface area contributed by atoms with E-state index in [2.05, 4.69) is 19.0 Å². The lowest BCUT2D eigenvalue weighted by Gasteiger charge is -2.32. The van der Waals surface area contributed by atoms with Crippen molar-refractivity contribution in [2.24, 2.45) is 0 Å². The molecule has 5 nitrogen and oxygen atoms in total. The molecule has 1 aliphatic rings. The van der Waals surface area contributed by atoms with E-state index in [-0.39, 0.29) is 17.8 Å².